The van der Waals surface area contributed by atoms with Crippen molar-refractivity contribution in [3.05, 3.63) is 35.9 Å². The van der Waals surface area contributed by atoms with Crippen LogP contribution in [0.5, 0.6) is 0 Å². The summed E-state index contributed by atoms with van der Waals surface area (Å²) < 4.78 is 12.3. The van der Waals surface area contributed by atoms with Crippen LogP contribution in [0.4, 0.5) is 0 Å². The highest BCUT2D eigenvalue weighted by molar-refractivity contribution is 14.1. The third-order valence-corrected chi connectivity index (χ3v) is 3.06. The number of ether oxygens (including phenoxy) is 2. The van der Waals surface area contributed by atoms with E-state index in [9.17, 15) is 0 Å². The quantitative estimate of drug-likeness (QED) is 0.560. The maximum Gasteiger partial charge on any atom is 0.0919 e. The zero-order valence-electron chi connectivity index (χ0n) is 9.86. The first-order valence-electron chi connectivity index (χ1n) is 5.62. The topological polar surface area (TPSA) is 18.5 Å². The fraction of sp³-hybridized carbons (Fsp3) is 0.538. The van der Waals surface area contributed by atoms with Gasteiger partial charge < -0.3 is 9.47 Å². The third-order valence-electron chi connectivity index (χ3n) is 2.26. The molecule has 0 saturated heterocycles. The Morgan fingerprint density at radius 1 is 1.25 bits per heavy atom. The van der Waals surface area contributed by atoms with Crippen LogP contribution in [-0.2, 0) is 9.47 Å². The van der Waals surface area contributed by atoms with Gasteiger partial charge in [0.2, 0.25) is 0 Å². The molecule has 90 valence electrons. The molecule has 0 spiro atoms. The van der Waals surface area contributed by atoms with Crippen molar-refractivity contribution >= 4 is 22.6 Å². The normalized spacial score (nSPS) is 14.7. The molecule has 0 aliphatic heterocycles. The van der Waals surface area contributed by atoms with Gasteiger partial charge in [0.15, 0.2) is 0 Å². The average Bonchev–Trinajstić information content (AvgIpc) is 2.34. The lowest BCUT2D eigenvalue weighted by Crippen LogP contribution is -2.20. The molecule has 2 nitrogen and oxygen atoms in total. The first kappa shape index (κ1) is 13.9. The maximum absolute atomic E-state index is 5.96. The number of hydrogen-bond donors (Lipinski definition) is 0. The lowest BCUT2D eigenvalue weighted by molar-refractivity contribution is -0.0377. The highest BCUT2D eigenvalue weighted by Crippen LogP contribution is 2.21. The van der Waals surface area contributed by atoms with Gasteiger partial charge in [0.25, 0.3) is 0 Å². The van der Waals surface area contributed by atoms with Crippen LogP contribution >= 0.6 is 22.6 Å². The van der Waals surface area contributed by atoms with Crippen LogP contribution in [0, 0.1) is 0 Å². The maximum atomic E-state index is 5.96. The van der Waals surface area contributed by atoms with Crippen LogP contribution in [0.1, 0.15) is 25.5 Å². The van der Waals surface area contributed by atoms with Gasteiger partial charge in [-0.1, -0.05) is 52.9 Å². The Morgan fingerprint density at radius 3 is 2.50 bits per heavy atom. The van der Waals surface area contributed by atoms with E-state index >= 15 is 0 Å². The van der Waals surface area contributed by atoms with Crippen LogP contribution in [0.25, 0.3) is 0 Å². The summed E-state index contributed by atoms with van der Waals surface area (Å²) in [6.45, 7) is 5.46. The van der Waals surface area contributed by atoms with Gasteiger partial charge in [-0.25, -0.2) is 0 Å². The van der Waals surface area contributed by atoms with Gasteiger partial charge >= 0.3 is 0 Å². The Kier molecular flexibility index (Phi) is 7.00. The summed E-state index contributed by atoms with van der Waals surface area (Å²) in [6, 6.07) is 10.3. The minimum atomic E-state index is 0.139. The molecule has 3 heteroatoms. The van der Waals surface area contributed by atoms with E-state index in [1.165, 1.54) is 5.56 Å². The molecule has 0 aliphatic rings. The van der Waals surface area contributed by atoms with Crippen LogP contribution < -0.4 is 0 Å². The summed E-state index contributed by atoms with van der Waals surface area (Å²) >= 11 is 2.36. The third kappa shape index (κ3) is 4.80. The molecule has 2 atom stereocenters. The largest absolute Gasteiger partial charge is 0.379 e. The Bertz CT molecular complexity index is 277. The van der Waals surface area contributed by atoms with Crippen molar-refractivity contribution in [2.45, 2.75) is 26.1 Å². The van der Waals surface area contributed by atoms with Crippen LogP contribution in [0.3, 0.4) is 0 Å². The fourth-order valence-corrected chi connectivity index (χ4v) is 2.19. The predicted octanol–water partition coefficient (Wildman–Crippen LogP) is 3.60. The summed E-state index contributed by atoms with van der Waals surface area (Å²) in [4.78, 5) is 0. The van der Waals surface area contributed by atoms with Crippen LogP contribution in [0.15, 0.2) is 30.3 Å². The number of alkyl halides is 1. The molecule has 0 N–H and O–H groups in total. The molecule has 0 saturated carbocycles. The van der Waals surface area contributed by atoms with Crippen molar-refractivity contribution in [1.29, 1.82) is 0 Å². The molecular weight excluding hydrogens is 315 g/mol. The Morgan fingerprint density at radius 2 is 1.94 bits per heavy atom. The van der Waals surface area contributed by atoms with E-state index in [0.717, 1.165) is 11.0 Å². The molecule has 1 aromatic rings. The van der Waals surface area contributed by atoms with Gasteiger partial charge in [0.1, 0.15) is 0 Å². The number of hydrogen-bond acceptors (Lipinski definition) is 2. The minimum Gasteiger partial charge on any atom is -0.379 e. The van der Waals surface area contributed by atoms with Crippen molar-refractivity contribution in [2.75, 3.05) is 17.6 Å². The molecular formula is C13H19IO2. The van der Waals surface area contributed by atoms with E-state index in [0.29, 0.717) is 6.61 Å². The molecule has 1 aromatic carbocycles. The molecule has 0 radical (unpaired) electrons. The highest BCUT2D eigenvalue weighted by Gasteiger charge is 2.13. The second-order valence-corrected chi connectivity index (χ2v) is 4.54. The molecule has 1 rings (SSSR count). The van der Waals surface area contributed by atoms with E-state index in [1.54, 1.807) is 0 Å². The summed E-state index contributed by atoms with van der Waals surface area (Å²) in [5.41, 5.74) is 1.24. The van der Waals surface area contributed by atoms with E-state index < -0.39 is 0 Å². The average molecular weight is 334 g/mol. The van der Waals surface area contributed by atoms with Crippen LogP contribution in [-0.4, -0.2) is 23.7 Å². The van der Waals surface area contributed by atoms with Crippen LogP contribution in [0.2, 0.25) is 0 Å². The highest BCUT2D eigenvalue weighted by atomic mass is 127. The molecule has 0 bridgehead atoms. The standard InChI is InChI=1S/C13H19IO2/c1-3-15-10-11(2)16-13(9-14)12-7-5-4-6-8-12/h4-8,11,13H,3,9-10H2,1-2H3. The van der Waals surface area contributed by atoms with Gasteiger partial charge in [0.05, 0.1) is 18.8 Å². The lowest BCUT2D eigenvalue weighted by atomic mass is 10.1. The lowest BCUT2D eigenvalue weighted by Gasteiger charge is -2.21. The number of rotatable bonds is 7. The van der Waals surface area contributed by atoms with Crippen molar-refractivity contribution < 1.29 is 9.47 Å². The molecule has 16 heavy (non-hydrogen) atoms. The van der Waals surface area contributed by atoms with E-state index in [1.807, 2.05) is 25.1 Å². The molecule has 0 heterocycles. The second kappa shape index (κ2) is 8.03. The zero-order valence-corrected chi connectivity index (χ0v) is 12.0. The molecule has 0 aromatic heterocycles. The Balaban J connectivity index is 2.49. The Hall–Kier alpha value is -0.130. The second-order valence-electron chi connectivity index (χ2n) is 3.66. The van der Waals surface area contributed by atoms with Gasteiger partial charge in [-0.05, 0) is 19.4 Å². The predicted molar refractivity (Wildman–Crippen MR) is 75.1 cm³/mol. The molecule has 0 amide bonds. The molecule has 2 unspecified atom stereocenters. The molecule has 0 aliphatic carbocycles. The number of halogens is 1. The smallest absolute Gasteiger partial charge is 0.0919 e. The fourth-order valence-electron chi connectivity index (χ4n) is 1.48. The van der Waals surface area contributed by atoms with E-state index in [-0.39, 0.29) is 12.2 Å². The Labute approximate surface area is 111 Å². The van der Waals surface area contributed by atoms with Crippen molar-refractivity contribution in [2.24, 2.45) is 0 Å². The first-order chi connectivity index (χ1) is 7.77. The van der Waals surface area contributed by atoms with E-state index in [4.69, 9.17) is 9.47 Å². The zero-order chi connectivity index (χ0) is 11.8. The summed E-state index contributed by atoms with van der Waals surface area (Å²) in [5, 5.41) is 0. The van der Waals surface area contributed by atoms with Crippen molar-refractivity contribution in [1.82, 2.24) is 0 Å². The van der Waals surface area contributed by atoms with E-state index in [2.05, 4.69) is 41.6 Å². The van der Waals surface area contributed by atoms with Gasteiger partial charge in [-0.3, -0.25) is 0 Å². The molecule has 0 fully saturated rings. The van der Waals surface area contributed by atoms with Crippen molar-refractivity contribution in [3.63, 3.8) is 0 Å². The SMILES string of the molecule is CCOCC(C)OC(CI)c1ccccc1. The summed E-state index contributed by atoms with van der Waals surface area (Å²) in [5.74, 6) is 0. The summed E-state index contributed by atoms with van der Waals surface area (Å²) in [6.07, 6.45) is 0.303. The minimum absolute atomic E-state index is 0.139. The van der Waals surface area contributed by atoms with Gasteiger partial charge in [-0.2, -0.15) is 0 Å². The van der Waals surface area contributed by atoms with Gasteiger partial charge in [0, 0.05) is 11.0 Å². The van der Waals surface area contributed by atoms with Gasteiger partial charge in [-0.15, -0.1) is 0 Å². The monoisotopic (exact) mass is 334 g/mol. The van der Waals surface area contributed by atoms with Crippen molar-refractivity contribution in [3.8, 4) is 0 Å². The first-order valence-corrected chi connectivity index (χ1v) is 7.14. The summed E-state index contributed by atoms with van der Waals surface area (Å²) in [7, 11) is 0. The number of benzene rings is 1.